The van der Waals surface area contributed by atoms with Crippen molar-refractivity contribution in [2.75, 3.05) is 7.11 Å². The third-order valence-electron chi connectivity index (χ3n) is 3.03. The molecule has 2 aromatic rings. The fraction of sp³-hybridized carbons (Fsp3) is 0.200. The number of ether oxygens (including phenoxy) is 1. The van der Waals surface area contributed by atoms with Gasteiger partial charge in [0.25, 0.3) is 0 Å². The highest BCUT2D eigenvalue weighted by Gasteiger charge is 2.11. The van der Waals surface area contributed by atoms with Crippen LogP contribution in [0.3, 0.4) is 0 Å². The van der Waals surface area contributed by atoms with E-state index in [1.165, 1.54) is 10.6 Å². The van der Waals surface area contributed by atoms with E-state index >= 15 is 0 Å². The minimum absolute atomic E-state index is 0.0379. The van der Waals surface area contributed by atoms with E-state index in [4.69, 9.17) is 9.84 Å². The van der Waals surface area contributed by atoms with Crippen LogP contribution >= 0.6 is 0 Å². The Kier molecular flexibility index (Phi) is 4.61. The number of nitrogens with one attached hydrogen (secondary N) is 1. The van der Waals surface area contributed by atoms with Crippen LogP contribution in [-0.4, -0.2) is 28.7 Å². The Morgan fingerprint density at radius 2 is 2.00 bits per heavy atom. The third-order valence-corrected chi connectivity index (χ3v) is 3.03. The SMILES string of the molecule is COc1ccccc1CNC(=O)Cn1cccc1C(=O)O. The van der Waals surface area contributed by atoms with Gasteiger partial charge in [0.1, 0.15) is 18.0 Å². The lowest BCUT2D eigenvalue weighted by molar-refractivity contribution is -0.121. The van der Waals surface area contributed by atoms with Gasteiger partial charge in [0.2, 0.25) is 5.91 Å². The molecule has 6 heteroatoms. The largest absolute Gasteiger partial charge is 0.496 e. The summed E-state index contributed by atoms with van der Waals surface area (Å²) < 4.78 is 6.59. The van der Waals surface area contributed by atoms with Gasteiger partial charge in [0.15, 0.2) is 0 Å². The number of carbonyl (C=O) groups excluding carboxylic acids is 1. The van der Waals surface area contributed by atoms with Crippen molar-refractivity contribution in [3.05, 3.63) is 53.9 Å². The van der Waals surface area contributed by atoms with E-state index in [1.54, 1.807) is 19.4 Å². The number of rotatable bonds is 6. The molecule has 2 N–H and O–H groups in total. The number of carboxylic acids is 1. The van der Waals surface area contributed by atoms with Gasteiger partial charge in [-0.25, -0.2) is 4.79 Å². The van der Waals surface area contributed by atoms with Crippen molar-refractivity contribution in [3.8, 4) is 5.75 Å². The standard InChI is InChI=1S/C15H16N2O4/c1-21-13-7-3-2-5-11(13)9-16-14(18)10-17-8-4-6-12(17)15(19)20/h2-8H,9-10H2,1H3,(H,16,18)(H,19,20). The van der Waals surface area contributed by atoms with Crippen molar-refractivity contribution in [3.63, 3.8) is 0 Å². The molecule has 0 aliphatic heterocycles. The first kappa shape index (κ1) is 14.6. The highest BCUT2D eigenvalue weighted by Crippen LogP contribution is 2.16. The van der Waals surface area contributed by atoms with Crippen LogP contribution in [-0.2, 0) is 17.9 Å². The molecule has 1 aromatic heterocycles. The normalized spacial score (nSPS) is 10.1. The predicted molar refractivity (Wildman–Crippen MR) is 76.2 cm³/mol. The van der Waals surface area contributed by atoms with E-state index in [0.29, 0.717) is 12.3 Å². The second kappa shape index (κ2) is 6.60. The number of aromatic carboxylic acids is 1. The van der Waals surface area contributed by atoms with Gasteiger partial charge in [0, 0.05) is 18.3 Å². The quantitative estimate of drug-likeness (QED) is 0.844. The first-order chi connectivity index (χ1) is 10.1. The van der Waals surface area contributed by atoms with Crippen molar-refractivity contribution in [1.29, 1.82) is 0 Å². The lowest BCUT2D eigenvalue weighted by Crippen LogP contribution is -2.28. The van der Waals surface area contributed by atoms with Crippen LogP contribution < -0.4 is 10.1 Å². The van der Waals surface area contributed by atoms with Gasteiger partial charge in [-0.3, -0.25) is 4.79 Å². The van der Waals surface area contributed by atoms with E-state index < -0.39 is 5.97 Å². The van der Waals surface area contributed by atoms with Crippen LogP contribution in [0.4, 0.5) is 0 Å². The molecule has 0 radical (unpaired) electrons. The lowest BCUT2D eigenvalue weighted by Gasteiger charge is -2.10. The van der Waals surface area contributed by atoms with Gasteiger partial charge < -0.3 is 19.7 Å². The van der Waals surface area contributed by atoms with Crippen LogP contribution in [0, 0.1) is 0 Å². The zero-order valence-corrected chi connectivity index (χ0v) is 11.6. The number of methoxy groups -OCH3 is 1. The number of carbonyl (C=O) groups is 2. The zero-order chi connectivity index (χ0) is 15.2. The molecule has 0 aliphatic carbocycles. The van der Waals surface area contributed by atoms with Crippen LogP contribution in [0.25, 0.3) is 0 Å². The maximum atomic E-state index is 11.9. The highest BCUT2D eigenvalue weighted by atomic mass is 16.5. The average Bonchev–Trinajstić information content (AvgIpc) is 2.93. The van der Waals surface area contributed by atoms with Crippen LogP contribution in [0.5, 0.6) is 5.75 Å². The Labute approximate surface area is 122 Å². The molecule has 0 saturated heterocycles. The van der Waals surface area contributed by atoms with Crippen molar-refractivity contribution in [1.82, 2.24) is 9.88 Å². The number of benzene rings is 1. The van der Waals surface area contributed by atoms with Gasteiger partial charge in [-0.05, 0) is 18.2 Å². The van der Waals surface area contributed by atoms with E-state index in [0.717, 1.165) is 5.56 Å². The predicted octanol–water partition coefficient (Wildman–Crippen LogP) is 1.51. The number of carboxylic acid groups (broad SMARTS) is 1. The van der Waals surface area contributed by atoms with Crippen LogP contribution in [0.2, 0.25) is 0 Å². The Morgan fingerprint density at radius 3 is 2.71 bits per heavy atom. The minimum atomic E-state index is -1.06. The minimum Gasteiger partial charge on any atom is -0.496 e. The highest BCUT2D eigenvalue weighted by molar-refractivity contribution is 5.86. The molecule has 1 heterocycles. The Bertz CT molecular complexity index is 649. The van der Waals surface area contributed by atoms with Crippen LogP contribution in [0.1, 0.15) is 16.1 Å². The molecule has 0 aliphatic rings. The van der Waals surface area contributed by atoms with Gasteiger partial charge in [-0.2, -0.15) is 0 Å². The molecule has 1 amide bonds. The number of nitrogens with zero attached hydrogens (tertiary/aromatic N) is 1. The van der Waals surface area contributed by atoms with Crippen molar-refractivity contribution >= 4 is 11.9 Å². The first-order valence-electron chi connectivity index (χ1n) is 6.39. The molecule has 6 nitrogen and oxygen atoms in total. The molecular formula is C15H16N2O4. The number of aromatic nitrogens is 1. The average molecular weight is 288 g/mol. The number of para-hydroxylation sites is 1. The summed E-state index contributed by atoms with van der Waals surface area (Å²) >= 11 is 0. The number of hydrogen-bond donors (Lipinski definition) is 2. The summed E-state index contributed by atoms with van der Waals surface area (Å²) in [4.78, 5) is 22.9. The fourth-order valence-corrected chi connectivity index (χ4v) is 2.00. The first-order valence-corrected chi connectivity index (χ1v) is 6.39. The zero-order valence-electron chi connectivity index (χ0n) is 11.6. The van der Waals surface area contributed by atoms with Gasteiger partial charge in [0.05, 0.1) is 7.11 Å². The molecule has 1 aromatic carbocycles. The van der Waals surface area contributed by atoms with E-state index in [1.807, 2.05) is 24.3 Å². The summed E-state index contributed by atoms with van der Waals surface area (Å²) in [7, 11) is 1.57. The second-order valence-electron chi connectivity index (χ2n) is 4.42. The molecule has 0 unspecified atom stereocenters. The monoisotopic (exact) mass is 288 g/mol. The van der Waals surface area contributed by atoms with E-state index in [-0.39, 0.29) is 18.1 Å². The molecule has 0 bridgehead atoms. The van der Waals surface area contributed by atoms with Crippen molar-refractivity contribution < 1.29 is 19.4 Å². The maximum absolute atomic E-state index is 11.9. The summed E-state index contributed by atoms with van der Waals surface area (Å²) in [6.45, 7) is 0.288. The second-order valence-corrected chi connectivity index (χ2v) is 4.42. The molecule has 110 valence electrons. The lowest BCUT2D eigenvalue weighted by atomic mass is 10.2. The Balaban J connectivity index is 1.96. The topological polar surface area (TPSA) is 80.6 Å². The third kappa shape index (κ3) is 3.62. The fourth-order valence-electron chi connectivity index (χ4n) is 2.00. The Hall–Kier alpha value is -2.76. The molecule has 0 atom stereocenters. The van der Waals surface area contributed by atoms with E-state index in [2.05, 4.69) is 5.32 Å². The Morgan fingerprint density at radius 1 is 1.24 bits per heavy atom. The number of hydrogen-bond acceptors (Lipinski definition) is 3. The molecule has 21 heavy (non-hydrogen) atoms. The number of amides is 1. The summed E-state index contributed by atoms with van der Waals surface area (Å²) in [5, 5.41) is 11.7. The van der Waals surface area contributed by atoms with Crippen molar-refractivity contribution in [2.24, 2.45) is 0 Å². The van der Waals surface area contributed by atoms with Crippen LogP contribution in [0.15, 0.2) is 42.6 Å². The molecule has 2 rings (SSSR count). The van der Waals surface area contributed by atoms with Gasteiger partial charge >= 0.3 is 5.97 Å². The summed E-state index contributed by atoms with van der Waals surface area (Å²) in [6.07, 6.45) is 1.56. The molecular weight excluding hydrogens is 272 g/mol. The molecule has 0 saturated carbocycles. The van der Waals surface area contributed by atoms with Crippen molar-refractivity contribution in [2.45, 2.75) is 13.1 Å². The summed E-state index contributed by atoms with van der Waals surface area (Å²) in [5.74, 6) is -0.623. The summed E-state index contributed by atoms with van der Waals surface area (Å²) in [6, 6.07) is 10.4. The smallest absolute Gasteiger partial charge is 0.352 e. The van der Waals surface area contributed by atoms with E-state index in [9.17, 15) is 9.59 Å². The molecule has 0 spiro atoms. The summed E-state index contributed by atoms with van der Waals surface area (Å²) in [5.41, 5.74) is 0.946. The van der Waals surface area contributed by atoms with Gasteiger partial charge in [-0.1, -0.05) is 18.2 Å². The van der Waals surface area contributed by atoms with Gasteiger partial charge in [-0.15, -0.1) is 0 Å². The molecule has 0 fully saturated rings. The maximum Gasteiger partial charge on any atom is 0.352 e.